The van der Waals surface area contributed by atoms with Crippen LogP contribution in [0, 0.1) is 0 Å². The molecular weight excluding hydrogens is 877 g/mol. The van der Waals surface area contributed by atoms with Gasteiger partial charge in [0.1, 0.15) is 13.2 Å². The largest absolute Gasteiger partial charge is 0.462 e. The summed E-state index contributed by atoms with van der Waals surface area (Å²) in [6.07, 6.45) is 76.2. The normalized spacial score (nSPS) is 12.5. The van der Waals surface area contributed by atoms with Crippen molar-refractivity contribution >= 4 is 17.9 Å². The van der Waals surface area contributed by atoms with Crippen molar-refractivity contribution in [3.05, 3.63) is 72.9 Å². The molecule has 0 aromatic carbocycles. The van der Waals surface area contributed by atoms with Gasteiger partial charge in [0.25, 0.3) is 0 Å². The molecular formula is C65H114O6. The SMILES string of the molecule is CC/C=C\C/C=C\C/C=C\C/C=C\CCCCCCCCCCC(=O)OCC(COC(=O)CCCCCCC/C=C\CCCC)OC(=O)CCCCCCCCCCC/C=C\CCCCCCCCCC. The van der Waals surface area contributed by atoms with Crippen molar-refractivity contribution in [2.75, 3.05) is 13.2 Å². The number of allylic oxidation sites excluding steroid dienone is 12. The lowest BCUT2D eigenvalue weighted by molar-refractivity contribution is -0.167. The summed E-state index contributed by atoms with van der Waals surface area (Å²) in [4.78, 5) is 38.2. The van der Waals surface area contributed by atoms with E-state index in [9.17, 15) is 14.4 Å². The second-order valence-corrected chi connectivity index (χ2v) is 20.2. The van der Waals surface area contributed by atoms with Crippen LogP contribution in [-0.4, -0.2) is 37.2 Å². The molecule has 0 aromatic rings. The molecule has 0 N–H and O–H groups in total. The van der Waals surface area contributed by atoms with Gasteiger partial charge in [-0.1, -0.05) is 254 Å². The second kappa shape index (κ2) is 59.4. The fourth-order valence-electron chi connectivity index (χ4n) is 8.59. The molecule has 71 heavy (non-hydrogen) atoms. The number of hydrogen-bond acceptors (Lipinski definition) is 6. The van der Waals surface area contributed by atoms with Crippen molar-refractivity contribution < 1.29 is 28.6 Å². The molecule has 6 heteroatoms. The van der Waals surface area contributed by atoms with E-state index in [1.165, 1.54) is 167 Å². The van der Waals surface area contributed by atoms with Gasteiger partial charge >= 0.3 is 17.9 Å². The maximum absolute atomic E-state index is 12.9. The molecule has 410 valence electrons. The fraction of sp³-hybridized carbons (Fsp3) is 0.769. The summed E-state index contributed by atoms with van der Waals surface area (Å²) >= 11 is 0. The minimum absolute atomic E-state index is 0.0821. The first kappa shape index (κ1) is 67.8. The molecule has 0 saturated carbocycles. The highest BCUT2D eigenvalue weighted by Crippen LogP contribution is 2.16. The van der Waals surface area contributed by atoms with Gasteiger partial charge in [-0.25, -0.2) is 0 Å². The van der Waals surface area contributed by atoms with Crippen LogP contribution in [0.1, 0.15) is 303 Å². The van der Waals surface area contributed by atoms with Crippen molar-refractivity contribution in [2.24, 2.45) is 0 Å². The molecule has 0 amide bonds. The Labute approximate surface area is 440 Å². The third-order valence-corrected chi connectivity index (χ3v) is 13.2. The Kier molecular flexibility index (Phi) is 56.8. The molecule has 0 aliphatic carbocycles. The van der Waals surface area contributed by atoms with E-state index in [1.54, 1.807) is 0 Å². The van der Waals surface area contributed by atoms with Crippen LogP contribution < -0.4 is 0 Å². The van der Waals surface area contributed by atoms with Crippen LogP contribution in [-0.2, 0) is 28.6 Å². The van der Waals surface area contributed by atoms with Gasteiger partial charge in [0.15, 0.2) is 6.10 Å². The molecule has 0 aliphatic heterocycles. The second-order valence-electron chi connectivity index (χ2n) is 20.2. The number of rotatable bonds is 55. The Balaban J connectivity index is 4.31. The summed E-state index contributed by atoms with van der Waals surface area (Å²) in [6.45, 7) is 6.50. The van der Waals surface area contributed by atoms with E-state index in [0.29, 0.717) is 19.3 Å². The number of esters is 3. The molecule has 0 aromatic heterocycles. The van der Waals surface area contributed by atoms with Crippen LogP contribution >= 0.6 is 0 Å². The zero-order valence-corrected chi connectivity index (χ0v) is 47.0. The molecule has 0 spiro atoms. The first-order valence-corrected chi connectivity index (χ1v) is 30.4. The molecule has 1 atom stereocenters. The Bertz CT molecular complexity index is 1320. The maximum Gasteiger partial charge on any atom is 0.306 e. The summed E-state index contributed by atoms with van der Waals surface area (Å²) in [7, 11) is 0. The van der Waals surface area contributed by atoms with Gasteiger partial charge in [-0.3, -0.25) is 14.4 Å². The first-order valence-electron chi connectivity index (χ1n) is 30.4. The molecule has 1 unspecified atom stereocenters. The molecule has 0 fully saturated rings. The first-order chi connectivity index (χ1) is 35.0. The number of carbonyl (C=O) groups excluding carboxylic acids is 3. The van der Waals surface area contributed by atoms with E-state index < -0.39 is 6.10 Å². The van der Waals surface area contributed by atoms with Crippen LogP contribution in [0.3, 0.4) is 0 Å². The van der Waals surface area contributed by atoms with Gasteiger partial charge in [0, 0.05) is 19.3 Å². The lowest BCUT2D eigenvalue weighted by Crippen LogP contribution is -2.30. The van der Waals surface area contributed by atoms with E-state index >= 15 is 0 Å². The Hall–Kier alpha value is -3.15. The van der Waals surface area contributed by atoms with E-state index in [2.05, 4.69) is 93.7 Å². The fourth-order valence-corrected chi connectivity index (χ4v) is 8.59. The number of carbonyl (C=O) groups is 3. The monoisotopic (exact) mass is 991 g/mol. The topological polar surface area (TPSA) is 78.9 Å². The van der Waals surface area contributed by atoms with Crippen molar-refractivity contribution in [2.45, 2.75) is 309 Å². The minimum Gasteiger partial charge on any atom is -0.462 e. The molecule has 0 radical (unpaired) electrons. The molecule has 0 aliphatic rings. The molecule has 0 saturated heterocycles. The highest BCUT2D eigenvalue weighted by Gasteiger charge is 2.19. The molecule has 6 nitrogen and oxygen atoms in total. The summed E-state index contributed by atoms with van der Waals surface area (Å²) in [5, 5.41) is 0. The van der Waals surface area contributed by atoms with Crippen molar-refractivity contribution in [3.63, 3.8) is 0 Å². The predicted octanol–water partition coefficient (Wildman–Crippen LogP) is 20.5. The Morgan fingerprint density at radius 3 is 0.915 bits per heavy atom. The van der Waals surface area contributed by atoms with Crippen LogP contribution in [0.25, 0.3) is 0 Å². The molecule has 0 heterocycles. The third-order valence-electron chi connectivity index (χ3n) is 13.2. The van der Waals surface area contributed by atoms with Gasteiger partial charge in [0.2, 0.25) is 0 Å². The third kappa shape index (κ3) is 57.6. The highest BCUT2D eigenvalue weighted by molar-refractivity contribution is 5.71. The lowest BCUT2D eigenvalue weighted by Gasteiger charge is -2.18. The zero-order chi connectivity index (χ0) is 51.4. The summed E-state index contributed by atoms with van der Waals surface area (Å²) in [6, 6.07) is 0. The molecule has 0 rings (SSSR count). The van der Waals surface area contributed by atoms with E-state index in [0.717, 1.165) is 96.3 Å². The van der Waals surface area contributed by atoms with E-state index in [4.69, 9.17) is 14.2 Å². The highest BCUT2D eigenvalue weighted by atomic mass is 16.6. The van der Waals surface area contributed by atoms with Crippen LogP contribution in [0.2, 0.25) is 0 Å². The van der Waals surface area contributed by atoms with Gasteiger partial charge in [-0.2, -0.15) is 0 Å². The van der Waals surface area contributed by atoms with Crippen molar-refractivity contribution in [1.29, 1.82) is 0 Å². The standard InChI is InChI=1S/C65H114O6/c1-4-7-10-13-16-19-22-24-26-28-30-32-34-36-38-40-43-46-49-52-55-58-64(67)70-61-62(60-69-63(66)57-54-51-48-45-42-21-18-15-12-9-6-3)71-65(68)59-56-53-50-47-44-41-39-37-35-33-31-29-27-25-23-20-17-14-11-8-5-2/h7,10,15-16,18-19,24,26,29-32,62H,4-6,8-9,11-14,17,20-23,25,27-28,33-61H2,1-3H3/b10-7-,18-15-,19-16-,26-24-,31-29-,32-30-. The average molecular weight is 992 g/mol. The minimum atomic E-state index is -0.783. The van der Waals surface area contributed by atoms with Gasteiger partial charge in [-0.05, 0) is 103 Å². The van der Waals surface area contributed by atoms with E-state index in [-0.39, 0.29) is 31.1 Å². The maximum atomic E-state index is 12.9. The predicted molar refractivity (Wildman–Crippen MR) is 307 cm³/mol. The van der Waals surface area contributed by atoms with E-state index in [1.807, 2.05) is 0 Å². The van der Waals surface area contributed by atoms with Crippen LogP contribution in [0.15, 0.2) is 72.9 Å². The van der Waals surface area contributed by atoms with Crippen molar-refractivity contribution in [1.82, 2.24) is 0 Å². The summed E-state index contributed by atoms with van der Waals surface area (Å²) in [5.41, 5.74) is 0. The summed E-state index contributed by atoms with van der Waals surface area (Å²) < 4.78 is 16.9. The smallest absolute Gasteiger partial charge is 0.306 e. The van der Waals surface area contributed by atoms with Gasteiger partial charge < -0.3 is 14.2 Å². The van der Waals surface area contributed by atoms with Crippen molar-refractivity contribution in [3.8, 4) is 0 Å². The summed E-state index contributed by atoms with van der Waals surface area (Å²) in [5.74, 6) is -0.891. The Morgan fingerprint density at radius 1 is 0.296 bits per heavy atom. The Morgan fingerprint density at radius 2 is 0.563 bits per heavy atom. The van der Waals surface area contributed by atoms with Crippen LogP contribution in [0.5, 0.6) is 0 Å². The number of ether oxygens (including phenoxy) is 3. The zero-order valence-electron chi connectivity index (χ0n) is 47.0. The number of unbranched alkanes of at least 4 members (excludes halogenated alkanes) is 32. The average Bonchev–Trinajstić information content (AvgIpc) is 3.37. The lowest BCUT2D eigenvalue weighted by atomic mass is 10.1. The number of hydrogen-bond donors (Lipinski definition) is 0. The van der Waals surface area contributed by atoms with Crippen LogP contribution in [0.4, 0.5) is 0 Å². The van der Waals surface area contributed by atoms with Gasteiger partial charge in [-0.15, -0.1) is 0 Å². The molecule has 0 bridgehead atoms. The quantitative estimate of drug-likeness (QED) is 0.0261. The van der Waals surface area contributed by atoms with Gasteiger partial charge in [0.05, 0.1) is 0 Å².